The summed E-state index contributed by atoms with van der Waals surface area (Å²) in [6, 6.07) is 11.9. The van der Waals surface area contributed by atoms with Crippen molar-refractivity contribution in [1.82, 2.24) is 10.9 Å². The average molecular weight is 407 g/mol. The summed E-state index contributed by atoms with van der Waals surface area (Å²) >= 11 is 3.33. The van der Waals surface area contributed by atoms with Gasteiger partial charge in [-0.05, 0) is 43.3 Å². The van der Waals surface area contributed by atoms with Crippen molar-refractivity contribution in [2.24, 2.45) is 0 Å². The van der Waals surface area contributed by atoms with Crippen molar-refractivity contribution in [3.63, 3.8) is 0 Å². The molecule has 130 valence electrons. The predicted molar refractivity (Wildman–Crippen MR) is 92.4 cm³/mol. The van der Waals surface area contributed by atoms with Crippen molar-refractivity contribution >= 4 is 27.7 Å². The number of ether oxygens (including phenoxy) is 3. The van der Waals surface area contributed by atoms with Gasteiger partial charge in [0.25, 0.3) is 11.8 Å². The summed E-state index contributed by atoms with van der Waals surface area (Å²) < 4.78 is 16.8. The van der Waals surface area contributed by atoms with Crippen LogP contribution in [0.15, 0.2) is 46.9 Å². The zero-order valence-electron chi connectivity index (χ0n) is 13.2. The highest BCUT2D eigenvalue weighted by Crippen LogP contribution is 2.32. The van der Waals surface area contributed by atoms with E-state index in [1.165, 1.54) is 0 Å². The minimum absolute atomic E-state index is 0.127. The van der Waals surface area contributed by atoms with E-state index in [9.17, 15) is 9.59 Å². The second-order valence-electron chi connectivity index (χ2n) is 5.23. The second-order valence-corrected chi connectivity index (χ2v) is 6.14. The van der Waals surface area contributed by atoms with E-state index in [0.717, 1.165) is 4.47 Å². The van der Waals surface area contributed by atoms with Crippen LogP contribution in [0.25, 0.3) is 0 Å². The molecule has 0 radical (unpaired) electrons. The lowest BCUT2D eigenvalue weighted by atomic mass is 10.2. The molecule has 1 aliphatic heterocycles. The Kier molecular flexibility index (Phi) is 5.08. The molecule has 0 aliphatic carbocycles. The lowest BCUT2D eigenvalue weighted by molar-refractivity contribution is -0.128. The smallest absolute Gasteiger partial charge is 0.279 e. The Labute approximate surface area is 152 Å². The number of hydrogen-bond donors (Lipinski definition) is 2. The van der Waals surface area contributed by atoms with Gasteiger partial charge in [0.15, 0.2) is 17.6 Å². The molecular weight excluding hydrogens is 392 g/mol. The van der Waals surface area contributed by atoms with Gasteiger partial charge in [0.2, 0.25) is 6.79 Å². The number of nitrogens with one attached hydrogen (secondary N) is 2. The fourth-order valence-corrected chi connectivity index (χ4v) is 2.51. The number of hydrogen-bond acceptors (Lipinski definition) is 5. The first-order chi connectivity index (χ1) is 12.0. The normalized spacial score (nSPS) is 13.0. The molecule has 1 atom stereocenters. The number of benzene rings is 2. The Balaban J connectivity index is 1.53. The van der Waals surface area contributed by atoms with Gasteiger partial charge in [-0.3, -0.25) is 20.4 Å². The van der Waals surface area contributed by atoms with Crippen LogP contribution in [0.1, 0.15) is 17.3 Å². The number of hydrazine groups is 1. The first-order valence-electron chi connectivity index (χ1n) is 7.45. The molecular formula is C17H15BrN2O5. The van der Waals surface area contributed by atoms with E-state index in [1.807, 2.05) is 6.07 Å². The summed E-state index contributed by atoms with van der Waals surface area (Å²) in [6.07, 6.45) is -0.786. The van der Waals surface area contributed by atoms with Crippen LogP contribution in [0.5, 0.6) is 17.2 Å². The van der Waals surface area contributed by atoms with Crippen LogP contribution in [0.3, 0.4) is 0 Å². The summed E-state index contributed by atoms with van der Waals surface area (Å²) in [6.45, 7) is 1.71. The first-order valence-corrected chi connectivity index (χ1v) is 8.24. The molecule has 8 heteroatoms. The Morgan fingerprint density at radius 3 is 2.72 bits per heavy atom. The van der Waals surface area contributed by atoms with E-state index < -0.39 is 17.9 Å². The largest absolute Gasteiger partial charge is 0.481 e. The summed E-state index contributed by atoms with van der Waals surface area (Å²) in [7, 11) is 0. The molecule has 2 aromatic rings. The maximum absolute atomic E-state index is 12.1. The molecule has 0 unspecified atom stereocenters. The van der Waals surface area contributed by atoms with Crippen molar-refractivity contribution in [2.75, 3.05) is 6.79 Å². The maximum Gasteiger partial charge on any atom is 0.279 e. The Hall–Kier alpha value is -2.74. The van der Waals surface area contributed by atoms with Crippen molar-refractivity contribution in [3.05, 3.63) is 52.5 Å². The maximum atomic E-state index is 12.1. The molecule has 0 saturated carbocycles. The zero-order valence-corrected chi connectivity index (χ0v) is 14.8. The Bertz CT molecular complexity index is 811. The van der Waals surface area contributed by atoms with Crippen LogP contribution in [-0.4, -0.2) is 24.7 Å². The molecule has 7 nitrogen and oxygen atoms in total. The highest BCUT2D eigenvalue weighted by molar-refractivity contribution is 9.10. The highest BCUT2D eigenvalue weighted by Gasteiger charge is 2.18. The molecule has 0 aromatic heterocycles. The summed E-state index contributed by atoms with van der Waals surface area (Å²) in [5, 5.41) is 0. The van der Waals surface area contributed by atoms with Crippen LogP contribution in [0.4, 0.5) is 0 Å². The second kappa shape index (κ2) is 7.43. The average Bonchev–Trinajstić information content (AvgIpc) is 3.07. The fourth-order valence-electron chi connectivity index (χ4n) is 2.13. The first kappa shape index (κ1) is 17.1. The number of fused-ring (bicyclic) bond motifs is 1. The number of carbonyl (C=O) groups excluding carboxylic acids is 2. The molecule has 0 spiro atoms. The molecule has 0 fully saturated rings. The van der Waals surface area contributed by atoms with Crippen molar-refractivity contribution in [3.8, 4) is 17.2 Å². The Morgan fingerprint density at radius 2 is 1.92 bits per heavy atom. The molecule has 0 bridgehead atoms. The number of halogens is 1. The SMILES string of the molecule is C[C@@H](Oc1cccc(Br)c1)C(=O)NNC(=O)c1ccc2c(c1)OCO2. The van der Waals surface area contributed by atoms with Crippen LogP contribution >= 0.6 is 15.9 Å². The molecule has 3 rings (SSSR count). The van der Waals surface area contributed by atoms with Crippen LogP contribution in [0.2, 0.25) is 0 Å². The minimum Gasteiger partial charge on any atom is -0.481 e. The van der Waals surface area contributed by atoms with Crippen molar-refractivity contribution < 1.29 is 23.8 Å². The lowest BCUT2D eigenvalue weighted by Gasteiger charge is -2.15. The van der Waals surface area contributed by atoms with Gasteiger partial charge in [0.1, 0.15) is 5.75 Å². The fraction of sp³-hybridized carbons (Fsp3) is 0.176. The topological polar surface area (TPSA) is 85.9 Å². The zero-order chi connectivity index (χ0) is 17.8. The third-order valence-electron chi connectivity index (χ3n) is 3.41. The van der Waals surface area contributed by atoms with E-state index in [0.29, 0.717) is 22.8 Å². The molecule has 2 amide bonds. The molecule has 1 heterocycles. The quantitative estimate of drug-likeness (QED) is 0.761. The Morgan fingerprint density at radius 1 is 1.12 bits per heavy atom. The molecule has 25 heavy (non-hydrogen) atoms. The third kappa shape index (κ3) is 4.21. The number of carbonyl (C=O) groups is 2. The van der Waals surface area contributed by atoms with Crippen LogP contribution < -0.4 is 25.1 Å². The van der Waals surface area contributed by atoms with Gasteiger partial charge in [-0.1, -0.05) is 22.0 Å². The van der Waals surface area contributed by atoms with E-state index in [1.54, 1.807) is 43.3 Å². The van der Waals surface area contributed by atoms with E-state index in [4.69, 9.17) is 14.2 Å². The van der Waals surface area contributed by atoms with Gasteiger partial charge >= 0.3 is 0 Å². The molecule has 2 N–H and O–H groups in total. The monoisotopic (exact) mass is 406 g/mol. The minimum atomic E-state index is -0.786. The summed E-state index contributed by atoms with van der Waals surface area (Å²) in [5.41, 5.74) is 5.02. The van der Waals surface area contributed by atoms with E-state index in [2.05, 4.69) is 26.8 Å². The van der Waals surface area contributed by atoms with E-state index in [-0.39, 0.29) is 6.79 Å². The third-order valence-corrected chi connectivity index (χ3v) is 3.91. The number of amides is 2. The molecule has 1 aliphatic rings. The summed E-state index contributed by atoms with van der Waals surface area (Å²) in [5.74, 6) is 0.663. The molecule has 0 saturated heterocycles. The standard InChI is InChI=1S/C17H15BrN2O5/c1-10(25-13-4-2-3-12(18)8-13)16(21)19-20-17(22)11-5-6-14-15(7-11)24-9-23-14/h2-8,10H,9H2,1H3,(H,19,21)(H,20,22)/t10-/m1/s1. The lowest BCUT2D eigenvalue weighted by Crippen LogP contribution is -2.47. The van der Waals surface area contributed by atoms with Gasteiger partial charge in [-0.15, -0.1) is 0 Å². The van der Waals surface area contributed by atoms with Gasteiger partial charge in [-0.2, -0.15) is 0 Å². The van der Waals surface area contributed by atoms with Crippen LogP contribution in [0, 0.1) is 0 Å². The highest BCUT2D eigenvalue weighted by atomic mass is 79.9. The van der Waals surface area contributed by atoms with Gasteiger partial charge in [0, 0.05) is 10.0 Å². The van der Waals surface area contributed by atoms with E-state index >= 15 is 0 Å². The van der Waals surface area contributed by atoms with Gasteiger partial charge in [-0.25, -0.2) is 0 Å². The van der Waals surface area contributed by atoms with Gasteiger partial charge < -0.3 is 14.2 Å². The van der Waals surface area contributed by atoms with Crippen molar-refractivity contribution in [2.45, 2.75) is 13.0 Å². The summed E-state index contributed by atoms with van der Waals surface area (Å²) in [4.78, 5) is 24.2. The number of rotatable bonds is 4. The van der Waals surface area contributed by atoms with Gasteiger partial charge in [0.05, 0.1) is 0 Å². The molecule has 2 aromatic carbocycles. The van der Waals surface area contributed by atoms with Crippen LogP contribution in [-0.2, 0) is 4.79 Å². The van der Waals surface area contributed by atoms with Crippen molar-refractivity contribution in [1.29, 1.82) is 0 Å². The predicted octanol–water partition coefficient (Wildman–Crippen LogP) is 2.41.